The summed E-state index contributed by atoms with van der Waals surface area (Å²) < 4.78 is 10.2. The summed E-state index contributed by atoms with van der Waals surface area (Å²) in [5.74, 6) is 0.662. The Labute approximate surface area is 141 Å². The molecule has 0 saturated carbocycles. The first kappa shape index (κ1) is 19.3. The van der Waals surface area contributed by atoms with Crippen LogP contribution in [0.15, 0.2) is 24.5 Å². The largest absolute Gasteiger partial charge is 0.464 e. The number of pyridine rings is 1. The minimum atomic E-state index is -0.739. The van der Waals surface area contributed by atoms with E-state index in [2.05, 4.69) is 10.3 Å². The van der Waals surface area contributed by atoms with Crippen LogP contribution in [0.1, 0.15) is 33.3 Å². The van der Waals surface area contributed by atoms with E-state index >= 15 is 0 Å². The summed E-state index contributed by atoms with van der Waals surface area (Å²) in [5.41, 5.74) is 0.484. The predicted octanol–water partition coefficient (Wildman–Crippen LogP) is 2.77. The zero-order valence-electron chi connectivity index (χ0n) is 14.0. The molecule has 0 aromatic carbocycles. The number of ether oxygens (including phenoxy) is 2. The number of hydrogen-bond acceptors (Lipinski definition) is 6. The molecule has 1 N–H and O–H groups in total. The molecule has 7 heteroatoms. The summed E-state index contributed by atoms with van der Waals surface area (Å²) in [5, 5.41) is 2.58. The van der Waals surface area contributed by atoms with Gasteiger partial charge < -0.3 is 14.8 Å². The molecular weight excluding hydrogens is 316 g/mol. The molecule has 1 amide bonds. The third-order valence-electron chi connectivity index (χ3n) is 2.56. The fourth-order valence-electron chi connectivity index (χ4n) is 1.63. The van der Waals surface area contributed by atoms with Crippen LogP contribution in [0, 0.1) is 0 Å². The Hall–Kier alpha value is -1.76. The smallest absolute Gasteiger partial charge is 0.408 e. The van der Waals surface area contributed by atoms with Crippen molar-refractivity contribution >= 4 is 23.8 Å². The second-order valence-corrected chi connectivity index (χ2v) is 6.85. The summed E-state index contributed by atoms with van der Waals surface area (Å²) in [6.07, 6.45) is 2.81. The molecule has 1 heterocycles. The maximum atomic E-state index is 12.0. The average Bonchev–Trinajstić information content (AvgIpc) is 2.45. The third kappa shape index (κ3) is 8.44. The van der Waals surface area contributed by atoms with E-state index in [-0.39, 0.29) is 6.61 Å². The monoisotopic (exact) mass is 340 g/mol. The van der Waals surface area contributed by atoms with Crippen LogP contribution in [0.2, 0.25) is 0 Å². The van der Waals surface area contributed by atoms with Gasteiger partial charge in [0.1, 0.15) is 11.6 Å². The molecule has 0 saturated heterocycles. The van der Waals surface area contributed by atoms with Crippen LogP contribution in [-0.2, 0) is 20.0 Å². The SMILES string of the molecule is CCOC(=O)[C@H](CSCc1ccncc1)NC(=O)OC(C)(C)C. The van der Waals surface area contributed by atoms with Crippen molar-refractivity contribution < 1.29 is 19.1 Å². The normalized spacial score (nSPS) is 12.3. The van der Waals surface area contributed by atoms with Crippen LogP contribution in [0.3, 0.4) is 0 Å². The maximum absolute atomic E-state index is 12.0. The zero-order chi connectivity index (χ0) is 17.3. The molecule has 0 spiro atoms. The van der Waals surface area contributed by atoms with Gasteiger partial charge in [0, 0.05) is 23.9 Å². The first-order valence-corrected chi connectivity index (χ1v) is 8.60. The summed E-state index contributed by atoms with van der Waals surface area (Å²) >= 11 is 1.53. The molecule has 1 aromatic heterocycles. The van der Waals surface area contributed by atoms with E-state index in [1.54, 1.807) is 40.1 Å². The number of nitrogens with zero attached hydrogens (tertiary/aromatic N) is 1. The number of carbonyl (C=O) groups is 2. The summed E-state index contributed by atoms with van der Waals surface area (Å²) in [7, 11) is 0. The van der Waals surface area contributed by atoms with E-state index in [1.807, 2.05) is 12.1 Å². The van der Waals surface area contributed by atoms with Crippen molar-refractivity contribution in [3.63, 3.8) is 0 Å². The van der Waals surface area contributed by atoms with Crippen LogP contribution in [0.25, 0.3) is 0 Å². The van der Waals surface area contributed by atoms with E-state index in [0.717, 1.165) is 5.56 Å². The van der Waals surface area contributed by atoms with Gasteiger partial charge in [0.2, 0.25) is 0 Å². The average molecular weight is 340 g/mol. The molecule has 0 aliphatic carbocycles. The van der Waals surface area contributed by atoms with Gasteiger partial charge in [0.25, 0.3) is 0 Å². The van der Waals surface area contributed by atoms with Crippen LogP contribution in [-0.4, -0.2) is 41.0 Å². The standard InChI is InChI=1S/C16H24N2O4S/c1-5-21-14(19)13(18-15(20)22-16(2,3)4)11-23-10-12-6-8-17-9-7-12/h6-9,13H,5,10-11H2,1-4H3,(H,18,20)/t13-/m0/s1. The fraction of sp³-hybridized carbons (Fsp3) is 0.562. The van der Waals surface area contributed by atoms with Crippen molar-refractivity contribution in [1.29, 1.82) is 0 Å². The van der Waals surface area contributed by atoms with Crippen molar-refractivity contribution in [3.05, 3.63) is 30.1 Å². The minimum Gasteiger partial charge on any atom is -0.464 e. The van der Waals surface area contributed by atoms with E-state index in [1.165, 1.54) is 11.8 Å². The molecular formula is C16H24N2O4S. The van der Waals surface area contributed by atoms with Gasteiger partial charge in [-0.1, -0.05) is 0 Å². The Kier molecular flexibility index (Phi) is 7.88. The topological polar surface area (TPSA) is 77.5 Å². The van der Waals surface area contributed by atoms with Gasteiger partial charge in [0.15, 0.2) is 0 Å². The lowest BCUT2D eigenvalue weighted by molar-refractivity contribution is -0.145. The van der Waals surface area contributed by atoms with Gasteiger partial charge in [-0.25, -0.2) is 9.59 Å². The molecule has 0 aliphatic rings. The van der Waals surface area contributed by atoms with Crippen molar-refractivity contribution in [2.45, 2.75) is 45.1 Å². The maximum Gasteiger partial charge on any atom is 0.408 e. The Bertz CT molecular complexity index is 503. The third-order valence-corrected chi connectivity index (χ3v) is 3.67. The van der Waals surface area contributed by atoms with Gasteiger partial charge in [0.05, 0.1) is 6.61 Å². The van der Waals surface area contributed by atoms with Gasteiger partial charge >= 0.3 is 12.1 Å². The second kappa shape index (κ2) is 9.39. The number of carbonyl (C=O) groups excluding carboxylic acids is 2. The van der Waals surface area contributed by atoms with Gasteiger partial charge in [-0.05, 0) is 45.4 Å². The number of aromatic nitrogens is 1. The van der Waals surface area contributed by atoms with Crippen molar-refractivity contribution in [1.82, 2.24) is 10.3 Å². The predicted molar refractivity (Wildman–Crippen MR) is 90.2 cm³/mol. The van der Waals surface area contributed by atoms with Crippen LogP contribution in [0.4, 0.5) is 4.79 Å². The molecule has 23 heavy (non-hydrogen) atoms. The second-order valence-electron chi connectivity index (χ2n) is 5.82. The molecule has 0 unspecified atom stereocenters. The van der Waals surface area contributed by atoms with Crippen LogP contribution >= 0.6 is 11.8 Å². The highest BCUT2D eigenvalue weighted by molar-refractivity contribution is 7.98. The number of amides is 1. The lowest BCUT2D eigenvalue weighted by Crippen LogP contribution is -2.45. The number of esters is 1. The van der Waals surface area contributed by atoms with Crippen molar-refractivity contribution in [2.24, 2.45) is 0 Å². The van der Waals surface area contributed by atoms with Gasteiger partial charge in [-0.2, -0.15) is 11.8 Å². The number of thioether (sulfide) groups is 1. The van der Waals surface area contributed by atoms with Crippen molar-refractivity contribution in [2.75, 3.05) is 12.4 Å². The first-order chi connectivity index (χ1) is 10.8. The number of alkyl carbamates (subject to hydrolysis) is 1. The Morgan fingerprint density at radius 2 is 1.96 bits per heavy atom. The molecule has 0 aliphatic heterocycles. The highest BCUT2D eigenvalue weighted by atomic mass is 32.2. The first-order valence-electron chi connectivity index (χ1n) is 7.44. The molecule has 1 atom stereocenters. The number of nitrogens with one attached hydrogen (secondary N) is 1. The molecule has 1 aromatic rings. The quantitative estimate of drug-likeness (QED) is 0.769. The van der Waals surface area contributed by atoms with Gasteiger partial charge in [-0.15, -0.1) is 0 Å². The van der Waals surface area contributed by atoms with Crippen LogP contribution < -0.4 is 5.32 Å². The number of rotatable bonds is 7. The molecule has 1 rings (SSSR count). The molecule has 0 fully saturated rings. The Balaban J connectivity index is 2.55. The Morgan fingerprint density at radius 3 is 2.52 bits per heavy atom. The van der Waals surface area contributed by atoms with E-state index < -0.39 is 23.7 Å². The number of hydrogen-bond donors (Lipinski definition) is 1. The Morgan fingerprint density at radius 1 is 1.30 bits per heavy atom. The highest BCUT2D eigenvalue weighted by Crippen LogP contribution is 2.14. The summed E-state index contributed by atoms with van der Waals surface area (Å²) in [6, 6.07) is 3.08. The van der Waals surface area contributed by atoms with Gasteiger partial charge in [-0.3, -0.25) is 4.98 Å². The van der Waals surface area contributed by atoms with E-state index in [0.29, 0.717) is 11.5 Å². The highest BCUT2D eigenvalue weighted by Gasteiger charge is 2.25. The lowest BCUT2D eigenvalue weighted by atomic mass is 10.2. The lowest BCUT2D eigenvalue weighted by Gasteiger charge is -2.22. The molecule has 128 valence electrons. The zero-order valence-corrected chi connectivity index (χ0v) is 14.8. The summed E-state index contributed by atoms with van der Waals surface area (Å²) in [4.78, 5) is 27.8. The molecule has 6 nitrogen and oxygen atoms in total. The molecule has 0 radical (unpaired) electrons. The molecule has 0 bridgehead atoms. The van der Waals surface area contributed by atoms with Crippen molar-refractivity contribution in [3.8, 4) is 0 Å². The van der Waals surface area contributed by atoms with E-state index in [4.69, 9.17) is 9.47 Å². The van der Waals surface area contributed by atoms with E-state index in [9.17, 15) is 9.59 Å². The fourth-order valence-corrected chi connectivity index (χ4v) is 2.64. The minimum absolute atomic E-state index is 0.264. The van der Waals surface area contributed by atoms with Crippen LogP contribution in [0.5, 0.6) is 0 Å². The summed E-state index contributed by atoms with van der Waals surface area (Å²) in [6.45, 7) is 7.30.